The highest BCUT2D eigenvalue weighted by molar-refractivity contribution is 5.98. The number of nitrogens with zero attached hydrogens (tertiary/aromatic N) is 1. The lowest BCUT2D eigenvalue weighted by Crippen LogP contribution is -2.34. The number of carbonyl (C=O) groups excluding carboxylic acids is 2. The summed E-state index contributed by atoms with van der Waals surface area (Å²) in [5, 5.41) is 3.00. The van der Waals surface area contributed by atoms with Gasteiger partial charge in [0.1, 0.15) is 0 Å². The van der Waals surface area contributed by atoms with Gasteiger partial charge in [-0.2, -0.15) is 0 Å². The predicted molar refractivity (Wildman–Crippen MR) is 107 cm³/mol. The maximum absolute atomic E-state index is 12.8. The first-order valence-corrected chi connectivity index (χ1v) is 9.50. The number of carbonyl (C=O) groups is 2. The smallest absolute Gasteiger partial charge is 0.254 e. The average Bonchev–Trinajstić information content (AvgIpc) is 3.03. The second-order valence-electron chi connectivity index (χ2n) is 7.55. The molecule has 1 aromatic rings. The van der Waals surface area contributed by atoms with Gasteiger partial charge in [-0.05, 0) is 56.8 Å². The lowest BCUT2D eigenvalue weighted by molar-refractivity contribution is -0.120. The maximum atomic E-state index is 12.8. The second-order valence-corrected chi connectivity index (χ2v) is 7.55. The zero-order chi connectivity index (χ0) is 17.8. The molecule has 0 spiro atoms. The highest BCUT2D eigenvalue weighted by Gasteiger charge is 2.32. The van der Waals surface area contributed by atoms with Crippen molar-refractivity contribution < 1.29 is 9.59 Å². The molecule has 1 saturated heterocycles. The topological polar surface area (TPSA) is 75.4 Å². The third-order valence-electron chi connectivity index (χ3n) is 5.61. The number of amides is 2. The van der Waals surface area contributed by atoms with Crippen molar-refractivity contribution >= 4 is 29.9 Å². The summed E-state index contributed by atoms with van der Waals surface area (Å²) in [5.41, 5.74) is 7.10. The lowest BCUT2D eigenvalue weighted by atomic mass is 9.88. The van der Waals surface area contributed by atoms with E-state index in [1.807, 2.05) is 23.1 Å². The van der Waals surface area contributed by atoms with E-state index in [1.165, 1.54) is 6.42 Å². The Kier molecular flexibility index (Phi) is 7.47. The third-order valence-corrected chi connectivity index (χ3v) is 5.61. The maximum Gasteiger partial charge on any atom is 0.254 e. The highest BCUT2D eigenvalue weighted by atomic mass is 35.5. The van der Waals surface area contributed by atoms with E-state index < -0.39 is 0 Å². The Morgan fingerprint density at radius 2 is 1.96 bits per heavy atom. The number of nitrogens with one attached hydrogen (secondary N) is 1. The van der Waals surface area contributed by atoms with Crippen molar-refractivity contribution in [3.63, 3.8) is 0 Å². The largest absolute Gasteiger partial charge is 0.336 e. The van der Waals surface area contributed by atoms with E-state index in [4.69, 9.17) is 5.73 Å². The molecule has 2 amide bonds. The van der Waals surface area contributed by atoms with Gasteiger partial charge in [0, 0.05) is 29.8 Å². The molecule has 5 nitrogen and oxygen atoms in total. The molecular weight excluding hydrogens is 350 g/mol. The van der Waals surface area contributed by atoms with Crippen molar-refractivity contribution in [3.05, 3.63) is 29.8 Å². The zero-order valence-corrected chi connectivity index (χ0v) is 16.3. The van der Waals surface area contributed by atoms with Gasteiger partial charge in [-0.25, -0.2) is 0 Å². The molecule has 1 aliphatic heterocycles. The Hall–Kier alpha value is -1.59. The van der Waals surface area contributed by atoms with Crippen LogP contribution < -0.4 is 11.1 Å². The highest BCUT2D eigenvalue weighted by Crippen LogP contribution is 2.27. The molecule has 1 aliphatic carbocycles. The van der Waals surface area contributed by atoms with Crippen LogP contribution in [-0.4, -0.2) is 35.8 Å². The molecule has 2 fully saturated rings. The predicted octanol–water partition coefficient (Wildman–Crippen LogP) is 3.44. The van der Waals surface area contributed by atoms with Crippen LogP contribution in [-0.2, 0) is 4.79 Å². The summed E-state index contributed by atoms with van der Waals surface area (Å²) in [4.78, 5) is 27.2. The number of hydrogen-bond donors (Lipinski definition) is 2. The second kappa shape index (κ2) is 9.38. The first-order chi connectivity index (χ1) is 12.1. The Morgan fingerprint density at radius 3 is 2.62 bits per heavy atom. The van der Waals surface area contributed by atoms with Gasteiger partial charge < -0.3 is 16.0 Å². The first kappa shape index (κ1) is 20.7. The van der Waals surface area contributed by atoms with E-state index >= 15 is 0 Å². The fraction of sp³-hybridized carbons (Fsp3) is 0.600. The summed E-state index contributed by atoms with van der Waals surface area (Å²) in [6.45, 7) is 3.41. The normalized spacial score (nSPS) is 23.4. The standard InChI is InChI=1S/C20H29N3O2.ClH/c1-14-10-15(12-21)13-23(14)20(25)17-8-5-9-18(11-17)22-19(24)16-6-3-2-4-7-16;/h5,8-9,11,14-16H,2-4,6-7,10,12-13,21H2,1H3,(H,22,24);1H. The van der Waals surface area contributed by atoms with Crippen LogP contribution >= 0.6 is 12.4 Å². The van der Waals surface area contributed by atoms with Gasteiger partial charge in [-0.15, -0.1) is 12.4 Å². The molecule has 1 saturated carbocycles. The molecule has 2 aliphatic rings. The number of likely N-dealkylation sites (tertiary alicyclic amines) is 1. The monoisotopic (exact) mass is 379 g/mol. The number of hydrogen-bond acceptors (Lipinski definition) is 3. The molecule has 3 N–H and O–H groups in total. The fourth-order valence-corrected chi connectivity index (χ4v) is 4.10. The van der Waals surface area contributed by atoms with Crippen LogP contribution in [0.2, 0.25) is 0 Å². The van der Waals surface area contributed by atoms with E-state index in [0.717, 1.165) is 38.6 Å². The molecule has 144 valence electrons. The zero-order valence-electron chi connectivity index (χ0n) is 15.4. The SMILES string of the molecule is CC1CC(CN)CN1C(=O)c1cccc(NC(=O)C2CCCCC2)c1.Cl. The van der Waals surface area contributed by atoms with Gasteiger partial charge in [0.25, 0.3) is 5.91 Å². The van der Waals surface area contributed by atoms with Crippen LogP contribution in [0.1, 0.15) is 55.8 Å². The van der Waals surface area contributed by atoms with Crippen LogP contribution in [0.4, 0.5) is 5.69 Å². The van der Waals surface area contributed by atoms with Crippen LogP contribution in [0.3, 0.4) is 0 Å². The number of nitrogens with two attached hydrogens (primary N) is 1. The van der Waals surface area contributed by atoms with E-state index in [1.54, 1.807) is 6.07 Å². The Balaban J connectivity index is 0.00000243. The minimum absolute atomic E-state index is 0. The van der Waals surface area contributed by atoms with E-state index in [-0.39, 0.29) is 36.2 Å². The van der Waals surface area contributed by atoms with E-state index in [0.29, 0.717) is 23.7 Å². The molecule has 26 heavy (non-hydrogen) atoms. The quantitative estimate of drug-likeness (QED) is 0.841. The van der Waals surface area contributed by atoms with Crippen molar-refractivity contribution in [3.8, 4) is 0 Å². The fourth-order valence-electron chi connectivity index (χ4n) is 4.10. The summed E-state index contributed by atoms with van der Waals surface area (Å²) < 4.78 is 0. The van der Waals surface area contributed by atoms with Crippen molar-refractivity contribution in [2.45, 2.75) is 51.5 Å². The summed E-state index contributed by atoms with van der Waals surface area (Å²) >= 11 is 0. The van der Waals surface area contributed by atoms with Crippen LogP contribution in [0, 0.1) is 11.8 Å². The number of benzene rings is 1. The molecule has 1 aromatic carbocycles. The van der Waals surface area contributed by atoms with Gasteiger partial charge in [0.15, 0.2) is 0 Å². The Labute approximate surface area is 162 Å². The van der Waals surface area contributed by atoms with Gasteiger partial charge in [0.05, 0.1) is 0 Å². The molecule has 0 radical (unpaired) electrons. The van der Waals surface area contributed by atoms with Crippen LogP contribution in [0.25, 0.3) is 0 Å². The molecule has 1 heterocycles. The molecular formula is C20H30ClN3O2. The van der Waals surface area contributed by atoms with E-state index in [2.05, 4.69) is 12.2 Å². The summed E-state index contributed by atoms with van der Waals surface area (Å²) in [5.74, 6) is 0.601. The Morgan fingerprint density at radius 1 is 1.23 bits per heavy atom. The molecule has 0 bridgehead atoms. The molecule has 0 aromatic heterocycles. The van der Waals surface area contributed by atoms with Crippen molar-refractivity contribution in [1.29, 1.82) is 0 Å². The summed E-state index contributed by atoms with van der Waals surface area (Å²) in [6, 6.07) is 7.52. The molecule has 6 heteroatoms. The number of anilines is 1. The van der Waals surface area contributed by atoms with E-state index in [9.17, 15) is 9.59 Å². The number of rotatable bonds is 4. The summed E-state index contributed by atoms with van der Waals surface area (Å²) in [6.07, 6.45) is 6.38. The molecule has 3 rings (SSSR count). The first-order valence-electron chi connectivity index (χ1n) is 9.50. The minimum Gasteiger partial charge on any atom is -0.336 e. The molecule has 2 unspecified atom stereocenters. The summed E-state index contributed by atoms with van der Waals surface area (Å²) in [7, 11) is 0. The van der Waals surface area contributed by atoms with Crippen LogP contribution in [0.5, 0.6) is 0 Å². The van der Waals surface area contributed by atoms with Gasteiger partial charge >= 0.3 is 0 Å². The minimum atomic E-state index is 0. The van der Waals surface area contributed by atoms with Gasteiger partial charge in [-0.3, -0.25) is 9.59 Å². The molecule has 2 atom stereocenters. The van der Waals surface area contributed by atoms with Gasteiger partial charge in [0.2, 0.25) is 5.91 Å². The average molecular weight is 380 g/mol. The van der Waals surface area contributed by atoms with Crippen molar-refractivity contribution in [2.75, 3.05) is 18.4 Å². The van der Waals surface area contributed by atoms with Crippen molar-refractivity contribution in [1.82, 2.24) is 4.90 Å². The lowest BCUT2D eigenvalue weighted by Gasteiger charge is -2.23. The Bertz CT molecular complexity index is 631. The third kappa shape index (κ3) is 4.77. The van der Waals surface area contributed by atoms with Crippen molar-refractivity contribution in [2.24, 2.45) is 17.6 Å². The van der Waals surface area contributed by atoms with Gasteiger partial charge in [-0.1, -0.05) is 25.3 Å². The number of halogens is 1. The van der Waals surface area contributed by atoms with Crippen LogP contribution in [0.15, 0.2) is 24.3 Å².